The molecule has 102 valence electrons. The van der Waals surface area contributed by atoms with Gasteiger partial charge in [-0.2, -0.15) is 0 Å². The van der Waals surface area contributed by atoms with E-state index < -0.39 is 0 Å². The maximum absolute atomic E-state index is 12.2. The van der Waals surface area contributed by atoms with Gasteiger partial charge in [0.05, 0.1) is 12.7 Å². The van der Waals surface area contributed by atoms with E-state index in [1.807, 2.05) is 0 Å². The lowest BCUT2D eigenvalue weighted by atomic mass is 10.0. The highest BCUT2D eigenvalue weighted by atomic mass is 16.5. The number of ether oxygens (including phenoxy) is 1. The number of carbonyl (C=O) groups excluding carboxylic acids is 1. The second kappa shape index (κ2) is 4.44. The second-order valence-electron chi connectivity index (χ2n) is 5.77. The van der Waals surface area contributed by atoms with Crippen LogP contribution >= 0.6 is 0 Å². The van der Waals surface area contributed by atoms with Gasteiger partial charge in [0.1, 0.15) is 5.75 Å². The molecule has 4 heteroatoms. The van der Waals surface area contributed by atoms with Crippen molar-refractivity contribution in [3.05, 3.63) is 23.8 Å². The fraction of sp³-hybridized carbons (Fsp3) is 0.533. The van der Waals surface area contributed by atoms with Crippen molar-refractivity contribution in [1.82, 2.24) is 5.32 Å². The molecule has 0 unspecified atom stereocenters. The minimum absolute atomic E-state index is 0.0768. The third-order valence-electron chi connectivity index (χ3n) is 4.44. The molecule has 2 fully saturated rings. The topological polar surface area (TPSA) is 64.3 Å². The van der Waals surface area contributed by atoms with Gasteiger partial charge >= 0.3 is 0 Å². The molecule has 0 atom stereocenters. The molecule has 1 aromatic rings. The van der Waals surface area contributed by atoms with Gasteiger partial charge in [-0.15, -0.1) is 0 Å². The smallest absolute Gasteiger partial charge is 0.253 e. The van der Waals surface area contributed by atoms with Crippen molar-refractivity contribution in [1.29, 1.82) is 0 Å². The zero-order valence-corrected chi connectivity index (χ0v) is 11.2. The molecule has 2 aliphatic carbocycles. The highest BCUT2D eigenvalue weighted by Gasteiger charge is 2.53. The number of nitrogens with one attached hydrogen (secondary N) is 1. The Kier molecular flexibility index (Phi) is 2.88. The number of anilines is 1. The molecule has 3 N–H and O–H groups in total. The first kappa shape index (κ1) is 12.3. The average Bonchev–Trinajstić information content (AvgIpc) is 3.28. The average molecular weight is 260 g/mol. The molecule has 2 aliphatic rings. The first-order valence-corrected chi connectivity index (χ1v) is 6.86. The molecule has 19 heavy (non-hydrogen) atoms. The number of nitrogens with two attached hydrogens (primary N) is 1. The molecular formula is C15H20N2O2. The van der Waals surface area contributed by atoms with Gasteiger partial charge in [-0.05, 0) is 49.1 Å². The summed E-state index contributed by atoms with van der Waals surface area (Å²) in [4.78, 5) is 12.2. The van der Waals surface area contributed by atoms with Crippen molar-refractivity contribution in [2.45, 2.75) is 25.7 Å². The van der Waals surface area contributed by atoms with Gasteiger partial charge in [0.25, 0.3) is 5.91 Å². The highest BCUT2D eigenvalue weighted by molar-refractivity contribution is 5.99. The van der Waals surface area contributed by atoms with Crippen LogP contribution in [0.5, 0.6) is 5.75 Å². The Balaban J connectivity index is 1.63. The third-order valence-corrected chi connectivity index (χ3v) is 4.44. The summed E-state index contributed by atoms with van der Waals surface area (Å²) in [7, 11) is 1.58. The van der Waals surface area contributed by atoms with E-state index in [0.29, 0.717) is 22.4 Å². The minimum Gasteiger partial charge on any atom is -0.497 e. The zero-order chi connectivity index (χ0) is 13.5. The predicted octanol–water partition coefficient (Wildman–Crippen LogP) is 2.20. The molecular weight excluding hydrogens is 240 g/mol. The number of hydrogen-bond donors (Lipinski definition) is 2. The molecule has 0 spiro atoms. The number of benzene rings is 1. The van der Waals surface area contributed by atoms with Crippen LogP contribution in [0.1, 0.15) is 36.0 Å². The molecule has 2 saturated carbocycles. The van der Waals surface area contributed by atoms with Gasteiger partial charge in [0.2, 0.25) is 0 Å². The molecule has 1 aromatic carbocycles. The van der Waals surface area contributed by atoms with Crippen LogP contribution in [0.15, 0.2) is 18.2 Å². The Morgan fingerprint density at radius 3 is 2.74 bits per heavy atom. The highest BCUT2D eigenvalue weighted by Crippen LogP contribution is 2.60. The van der Waals surface area contributed by atoms with Crippen LogP contribution in [-0.4, -0.2) is 19.6 Å². The van der Waals surface area contributed by atoms with Crippen LogP contribution < -0.4 is 15.8 Å². The second-order valence-corrected chi connectivity index (χ2v) is 5.77. The molecule has 4 nitrogen and oxygen atoms in total. The Morgan fingerprint density at radius 1 is 1.47 bits per heavy atom. The summed E-state index contributed by atoms with van der Waals surface area (Å²) in [5.41, 5.74) is 7.30. The Morgan fingerprint density at radius 2 is 2.21 bits per heavy atom. The van der Waals surface area contributed by atoms with Crippen LogP contribution in [0.2, 0.25) is 0 Å². The number of amides is 1. The fourth-order valence-electron chi connectivity index (χ4n) is 2.81. The number of rotatable bonds is 5. The zero-order valence-electron chi connectivity index (χ0n) is 11.2. The first-order chi connectivity index (χ1) is 9.14. The van der Waals surface area contributed by atoms with E-state index >= 15 is 0 Å². The molecule has 0 aliphatic heterocycles. The van der Waals surface area contributed by atoms with Crippen LogP contribution in [0.25, 0.3) is 0 Å². The molecule has 0 bridgehead atoms. The quantitative estimate of drug-likeness (QED) is 0.798. The van der Waals surface area contributed by atoms with E-state index in [1.165, 1.54) is 25.7 Å². The van der Waals surface area contributed by atoms with Gasteiger partial charge < -0.3 is 15.8 Å². The van der Waals surface area contributed by atoms with Gasteiger partial charge in [0.15, 0.2) is 0 Å². The van der Waals surface area contributed by atoms with E-state index in [0.717, 1.165) is 12.5 Å². The lowest BCUT2D eigenvalue weighted by molar-refractivity contribution is 0.0943. The number of hydrogen-bond acceptors (Lipinski definition) is 3. The summed E-state index contributed by atoms with van der Waals surface area (Å²) in [5.74, 6) is 1.44. The normalized spacial score (nSPS) is 19.8. The largest absolute Gasteiger partial charge is 0.497 e. The van der Waals surface area contributed by atoms with Crippen molar-refractivity contribution in [2.24, 2.45) is 11.3 Å². The summed E-state index contributed by atoms with van der Waals surface area (Å²) >= 11 is 0. The van der Waals surface area contributed by atoms with Gasteiger partial charge in [-0.25, -0.2) is 0 Å². The Bertz CT molecular complexity index is 505. The van der Waals surface area contributed by atoms with Crippen molar-refractivity contribution in [2.75, 3.05) is 19.4 Å². The van der Waals surface area contributed by atoms with E-state index in [4.69, 9.17) is 10.5 Å². The molecule has 1 amide bonds. The number of carbonyl (C=O) groups is 1. The standard InChI is InChI=1S/C15H20N2O2/c1-19-11-4-5-12(13(16)8-11)14(18)17-9-15(6-7-15)10-2-3-10/h4-5,8,10H,2-3,6-7,9,16H2,1H3,(H,17,18). The maximum Gasteiger partial charge on any atom is 0.253 e. The Labute approximate surface area is 113 Å². The van der Waals surface area contributed by atoms with E-state index in [2.05, 4.69) is 5.32 Å². The fourth-order valence-corrected chi connectivity index (χ4v) is 2.81. The van der Waals surface area contributed by atoms with Crippen molar-refractivity contribution in [3.63, 3.8) is 0 Å². The van der Waals surface area contributed by atoms with E-state index in [9.17, 15) is 4.79 Å². The summed E-state index contributed by atoms with van der Waals surface area (Å²) in [6.07, 6.45) is 5.19. The third kappa shape index (κ3) is 2.39. The summed E-state index contributed by atoms with van der Waals surface area (Å²) in [6.45, 7) is 0.794. The first-order valence-electron chi connectivity index (χ1n) is 6.86. The summed E-state index contributed by atoms with van der Waals surface area (Å²) < 4.78 is 5.08. The lowest BCUT2D eigenvalue weighted by Crippen LogP contribution is -2.31. The van der Waals surface area contributed by atoms with Gasteiger partial charge in [-0.3, -0.25) is 4.79 Å². The lowest BCUT2D eigenvalue weighted by Gasteiger charge is -2.15. The van der Waals surface area contributed by atoms with Crippen LogP contribution in [0, 0.1) is 11.3 Å². The predicted molar refractivity (Wildman–Crippen MR) is 74.1 cm³/mol. The van der Waals surface area contributed by atoms with E-state index in [1.54, 1.807) is 25.3 Å². The SMILES string of the molecule is COc1ccc(C(=O)NCC2(C3CC3)CC2)c(N)c1. The monoisotopic (exact) mass is 260 g/mol. The summed E-state index contributed by atoms with van der Waals surface area (Å²) in [5, 5.41) is 3.04. The molecule has 3 rings (SSSR count). The minimum atomic E-state index is -0.0768. The van der Waals surface area contributed by atoms with E-state index in [-0.39, 0.29) is 5.91 Å². The molecule has 0 aromatic heterocycles. The van der Waals surface area contributed by atoms with Crippen molar-refractivity contribution < 1.29 is 9.53 Å². The maximum atomic E-state index is 12.2. The summed E-state index contributed by atoms with van der Waals surface area (Å²) in [6, 6.07) is 5.17. The molecule has 0 radical (unpaired) electrons. The van der Waals surface area contributed by atoms with Crippen LogP contribution in [-0.2, 0) is 0 Å². The molecule has 0 heterocycles. The van der Waals surface area contributed by atoms with Gasteiger partial charge in [0, 0.05) is 18.3 Å². The van der Waals surface area contributed by atoms with Crippen LogP contribution in [0.4, 0.5) is 5.69 Å². The van der Waals surface area contributed by atoms with Gasteiger partial charge in [-0.1, -0.05) is 0 Å². The van der Waals surface area contributed by atoms with Crippen LogP contribution in [0.3, 0.4) is 0 Å². The van der Waals surface area contributed by atoms with Crippen molar-refractivity contribution >= 4 is 11.6 Å². The number of methoxy groups -OCH3 is 1. The number of nitrogen functional groups attached to an aromatic ring is 1. The van der Waals surface area contributed by atoms with Crippen molar-refractivity contribution in [3.8, 4) is 5.75 Å². The Hall–Kier alpha value is -1.71. The molecule has 0 saturated heterocycles.